The highest BCUT2D eigenvalue weighted by atomic mass is 32.2. The maximum absolute atomic E-state index is 12.6. The van der Waals surface area contributed by atoms with Crippen LogP contribution in [0.15, 0.2) is 29.2 Å². The Labute approximate surface area is 166 Å². The molecule has 0 aromatic heterocycles. The minimum absolute atomic E-state index is 0.0790. The summed E-state index contributed by atoms with van der Waals surface area (Å²) in [5.41, 5.74) is -0.616. The second-order valence-electron chi connectivity index (χ2n) is 7.76. The molecule has 0 aliphatic carbocycles. The summed E-state index contributed by atoms with van der Waals surface area (Å²) in [5.74, 6) is 0.413. The zero-order valence-corrected chi connectivity index (χ0v) is 18.1. The number of alkyl carbamates (subject to hydrolysis) is 1. The molecule has 2 amide bonds. The van der Waals surface area contributed by atoms with E-state index in [1.807, 2.05) is 51.3 Å². The highest BCUT2D eigenvalue weighted by Gasteiger charge is 2.27. The number of carbonyl (C=O) groups excluding carboxylic acids is 2. The molecule has 1 unspecified atom stereocenters. The minimum atomic E-state index is -0.678. The molecule has 0 bridgehead atoms. The van der Waals surface area contributed by atoms with Gasteiger partial charge in [0.1, 0.15) is 24.0 Å². The Morgan fingerprint density at radius 1 is 1.07 bits per heavy atom. The summed E-state index contributed by atoms with van der Waals surface area (Å²) in [6, 6.07) is 6.90. The molecule has 152 valence electrons. The van der Waals surface area contributed by atoms with E-state index in [9.17, 15) is 9.59 Å². The molecule has 0 spiro atoms. The molecule has 0 heterocycles. The van der Waals surface area contributed by atoms with Crippen molar-refractivity contribution in [2.45, 2.75) is 64.1 Å². The van der Waals surface area contributed by atoms with E-state index < -0.39 is 17.7 Å². The molecule has 0 fully saturated rings. The maximum Gasteiger partial charge on any atom is 0.408 e. The van der Waals surface area contributed by atoms with Gasteiger partial charge >= 0.3 is 6.09 Å². The Morgan fingerprint density at radius 3 is 2.15 bits per heavy atom. The van der Waals surface area contributed by atoms with E-state index in [4.69, 9.17) is 9.47 Å². The quantitative estimate of drug-likeness (QED) is 0.653. The number of benzene rings is 1. The van der Waals surface area contributed by atoms with Crippen molar-refractivity contribution in [3.8, 4) is 5.75 Å². The van der Waals surface area contributed by atoms with Crippen molar-refractivity contribution in [1.82, 2.24) is 10.6 Å². The molecule has 1 aromatic carbocycles. The molecule has 2 atom stereocenters. The first-order chi connectivity index (χ1) is 12.5. The molecule has 2 N–H and O–H groups in total. The van der Waals surface area contributed by atoms with E-state index in [1.165, 1.54) is 0 Å². The zero-order chi connectivity index (χ0) is 20.6. The van der Waals surface area contributed by atoms with Crippen molar-refractivity contribution >= 4 is 23.8 Å². The fraction of sp³-hybridized carbons (Fsp3) is 0.600. The summed E-state index contributed by atoms with van der Waals surface area (Å²) < 4.78 is 11.0. The number of amides is 2. The number of rotatable bonds is 8. The molecule has 6 nitrogen and oxygen atoms in total. The van der Waals surface area contributed by atoms with E-state index in [0.29, 0.717) is 6.61 Å². The van der Waals surface area contributed by atoms with E-state index in [-0.39, 0.29) is 17.9 Å². The molecular formula is C20H32N2O4S. The summed E-state index contributed by atoms with van der Waals surface area (Å²) in [7, 11) is 0. The average molecular weight is 397 g/mol. The summed E-state index contributed by atoms with van der Waals surface area (Å²) >= 11 is 1.67. The van der Waals surface area contributed by atoms with Gasteiger partial charge in [0.15, 0.2) is 0 Å². The molecule has 1 aromatic rings. The van der Waals surface area contributed by atoms with Gasteiger partial charge in [-0.3, -0.25) is 4.79 Å². The molecule has 27 heavy (non-hydrogen) atoms. The van der Waals surface area contributed by atoms with Crippen LogP contribution >= 0.6 is 11.8 Å². The Bertz CT molecular complexity index is 611. The van der Waals surface area contributed by atoms with E-state index in [1.54, 1.807) is 32.5 Å². The minimum Gasteiger partial charge on any atom is -0.491 e. The van der Waals surface area contributed by atoms with Crippen LogP contribution < -0.4 is 15.4 Å². The molecule has 0 aliphatic heterocycles. The lowest BCUT2D eigenvalue weighted by Gasteiger charge is -2.26. The van der Waals surface area contributed by atoms with Crippen LogP contribution in [-0.2, 0) is 9.53 Å². The first kappa shape index (κ1) is 23.1. The normalized spacial score (nSPS) is 13.6. The van der Waals surface area contributed by atoms with Crippen molar-refractivity contribution in [3.63, 3.8) is 0 Å². The molecule has 0 radical (unpaired) electrons. The summed E-state index contributed by atoms with van der Waals surface area (Å²) in [5, 5.41) is 5.53. The van der Waals surface area contributed by atoms with Crippen molar-refractivity contribution < 1.29 is 19.1 Å². The summed E-state index contributed by atoms with van der Waals surface area (Å²) in [6.07, 6.45) is 1.42. The van der Waals surface area contributed by atoms with Crippen LogP contribution in [0, 0.1) is 5.92 Å². The largest absolute Gasteiger partial charge is 0.491 e. The standard InChI is InChI=1S/C20H32N2O4S/c1-13(2)17(22-19(24)26-20(4,5)6)18(23)21-14(3)12-25-15-8-10-16(27-7)11-9-15/h8-11,13-14,17H,12H2,1-7H3,(H,21,23)(H,22,24)/t14?,17-/m0/s1. The lowest BCUT2D eigenvalue weighted by atomic mass is 10.0. The molecule has 0 saturated heterocycles. The van der Waals surface area contributed by atoms with Gasteiger partial charge in [-0.2, -0.15) is 0 Å². The number of hydrogen-bond acceptors (Lipinski definition) is 5. The van der Waals surface area contributed by atoms with Gasteiger partial charge in [0.2, 0.25) is 5.91 Å². The number of nitrogens with one attached hydrogen (secondary N) is 2. The third-order valence-corrected chi connectivity index (χ3v) is 4.31. The molecular weight excluding hydrogens is 364 g/mol. The fourth-order valence-electron chi connectivity index (χ4n) is 2.24. The monoisotopic (exact) mass is 396 g/mol. The van der Waals surface area contributed by atoms with E-state index >= 15 is 0 Å². The lowest BCUT2D eigenvalue weighted by molar-refractivity contribution is -0.125. The molecule has 0 aliphatic rings. The Balaban J connectivity index is 2.54. The SMILES string of the molecule is CSc1ccc(OCC(C)NC(=O)[C@@H](NC(=O)OC(C)(C)C)C(C)C)cc1. The van der Waals surface area contributed by atoms with Crippen LogP contribution in [0.25, 0.3) is 0 Å². The van der Waals surface area contributed by atoms with Crippen LogP contribution in [0.4, 0.5) is 4.79 Å². The van der Waals surface area contributed by atoms with Gasteiger partial charge in [-0.1, -0.05) is 13.8 Å². The van der Waals surface area contributed by atoms with E-state index in [2.05, 4.69) is 10.6 Å². The van der Waals surface area contributed by atoms with Gasteiger partial charge in [-0.25, -0.2) is 4.79 Å². The molecule has 0 saturated carbocycles. The Kier molecular flexibility index (Phi) is 8.96. The van der Waals surface area contributed by atoms with Gasteiger partial charge in [0.25, 0.3) is 0 Å². The second-order valence-corrected chi connectivity index (χ2v) is 8.64. The van der Waals surface area contributed by atoms with Crippen molar-refractivity contribution in [3.05, 3.63) is 24.3 Å². The van der Waals surface area contributed by atoms with Crippen molar-refractivity contribution in [2.24, 2.45) is 5.92 Å². The predicted octanol–water partition coefficient (Wildman–Crippen LogP) is 3.84. The summed E-state index contributed by atoms with van der Waals surface area (Å²) in [4.78, 5) is 25.7. The van der Waals surface area contributed by atoms with Gasteiger partial charge in [-0.05, 0) is 64.1 Å². The first-order valence-electron chi connectivity index (χ1n) is 9.08. The molecule has 1 rings (SSSR count). The fourth-order valence-corrected chi connectivity index (χ4v) is 2.65. The van der Waals surface area contributed by atoms with E-state index in [0.717, 1.165) is 10.6 Å². The van der Waals surface area contributed by atoms with Crippen LogP contribution in [0.3, 0.4) is 0 Å². The third-order valence-electron chi connectivity index (χ3n) is 3.57. The van der Waals surface area contributed by atoms with Crippen LogP contribution in [-0.4, -0.2) is 42.5 Å². The average Bonchev–Trinajstić information content (AvgIpc) is 2.56. The second kappa shape index (κ2) is 10.4. The number of ether oxygens (including phenoxy) is 2. The lowest BCUT2D eigenvalue weighted by Crippen LogP contribution is -2.53. The highest BCUT2D eigenvalue weighted by Crippen LogP contribution is 2.19. The zero-order valence-electron chi connectivity index (χ0n) is 17.3. The number of hydrogen-bond donors (Lipinski definition) is 2. The van der Waals surface area contributed by atoms with Crippen molar-refractivity contribution in [2.75, 3.05) is 12.9 Å². The summed E-state index contributed by atoms with van der Waals surface area (Å²) in [6.45, 7) is 11.3. The van der Waals surface area contributed by atoms with Crippen LogP contribution in [0.2, 0.25) is 0 Å². The smallest absolute Gasteiger partial charge is 0.408 e. The maximum atomic E-state index is 12.6. The van der Waals surface area contributed by atoms with Gasteiger partial charge in [-0.15, -0.1) is 11.8 Å². The van der Waals surface area contributed by atoms with Crippen molar-refractivity contribution in [1.29, 1.82) is 0 Å². The topological polar surface area (TPSA) is 76.7 Å². The van der Waals surface area contributed by atoms with Gasteiger partial charge in [0.05, 0.1) is 6.04 Å². The first-order valence-corrected chi connectivity index (χ1v) is 10.3. The van der Waals surface area contributed by atoms with Gasteiger partial charge in [0, 0.05) is 4.90 Å². The van der Waals surface area contributed by atoms with Gasteiger partial charge < -0.3 is 20.1 Å². The highest BCUT2D eigenvalue weighted by molar-refractivity contribution is 7.98. The third kappa shape index (κ3) is 9.04. The Hall–Kier alpha value is -1.89. The predicted molar refractivity (Wildman–Crippen MR) is 109 cm³/mol. The van der Waals surface area contributed by atoms with Crippen LogP contribution in [0.5, 0.6) is 5.75 Å². The van der Waals surface area contributed by atoms with Crippen LogP contribution in [0.1, 0.15) is 41.5 Å². The number of thioether (sulfide) groups is 1. The number of carbonyl (C=O) groups is 2. The molecule has 7 heteroatoms. The Morgan fingerprint density at radius 2 is 1.67 bits per heavy atom.